The van der Waals surface area contributed by atoms with E-state index in [1.807, 2.05) is 38.1 Å². The minimum atomic E-state index is -0.202. The summed E-state index contributed by atoms with van der Waals surface area (Å²) in [6.45, 7) is 6.06. The number of anilines is 1. The SMILES string of the molecule is CN/C=C(\C=N)c1ccc([C@@H](C)NC(=O)c2cc(N3C[C@H]4CC3CN4C)ccc2C)cc1OC. The predicted octanol–water partition coefficient (Wildman–Crippen LogP) is 3.60. The molecule has 1 unspecified atom stereocenters. The molecule has 0 radical (unpaired) electrons. The van der Waals surface area contributed by atoms with E-state index in [-0.39, 0.29) is 11.9 Å². The number of likely N-dealkylation sites (tertiary alicyclic amines) is 1. The Morgan fingerprint density at radius 1 is 1.18 bits per heavy atom. The molecule has 3 N–H and O–H groups in total. The zero-order valence-electron chi connectivity index (χ0n) is 20.7. The number of hydrogen-bond acceptors (Lipinski definition) is 6. The molecule has 34 heavy (non-hydrogen) atoms. The molecule has 0 spiro atoms. The second kappa shape index (κ2) is 9.89. The number of amides is 1. The minimum Gasteiger partial charge on any atom is -0.496 e. The molecule has 2 fully saturated rings. The van der Waals surface area contributed by atoms with E-state index in [1.54, 1.807) is 20.4 Å². The highest BCUT2D eigenvalue weighted by Gasteiger charge is 2.41. The third kappa shape index (κ3) is 4.53. The standard InChI is InChI=1S/C27H35N5O2/c1-17-6-8-21(32-16-22-11-23(32)15-31(22)4)12-25(17)27(33)30-18(2)19-7-9-24(26(10-19)34-5)20(13-28)14-29-3/h6-10,12-14,18,22-23,28-29H,11,15-16H2,1-5H3,(H,30,33)/b20-14+,28-13?/t18-,22-,23?/m1/s1. The minimum absolute atomic E-state index is 0.0772. The second-order valence-corrected chi connectivity index (χ2v) is 9.32. The number of piperazine rings is 1. The number of benzene rings is 2. The van der Waals surface area contributed by atoms with Crippen molar-refractivity contribution in [3.8, 4) is 5.75 Å². The number of carbonyl (C=O) groups excluding carboxylic acids is 1. The smallest absolute Gasteiger partial charge is 0.252 e. The van der Waals surface area contributed by atoms with Gasteiger partial charge in [0.1, 0.15) is 5.75 Å². The van der Waals surface area contributed by atoms with Crippen molar-refractivity contribution in [1.29, 1.82) is 5.41 Å². The van der Waals surface area contributed by atoms with Gasteiger partial charge in [-0.2, -0.15) is 0 Å². The maximum Gasteiger partial charge on any atom is 0.252 e. The summed E-state index contributed by atoms with van der Waals surface area (Å²) >= 11 is 0. The molecule has 0 saturated carbocycles. The number of hydrogen-bond donors (Lipinski definition) is 3. The van der Waals surface area contributed by atoms with Crippen LogP contribution in [0.3, 0.4) is 0 Å². The monoisotopic (exact) mass is 461 g/mol. The molecule has 3 atom stereocenters. The second-order valence-electron chi connectivity index (χ2n) is 9.32. The molecule has 1 amide bonds. The Labute approximate surface area is 202 Å². The molecule has 0 aromatic heterocycles. The summed E-state index contributed by atoms with van der Waals surface area (Å²) in [4.78, 5) is 18.2. The first-order chi connectivity index (χ1) is 16.4. The fourth-order valence-corrected chi connectivity index (χ4v) is 5.14. The van der Waals surface area contributed by atoms with E-state index < -0.39 is 0 Å². The van der Waals surface area contributed by atoms with Crippen LogP contribution in [0.5, 0.6) is 5.75 Å². The Morgan fingerprint density at radius 3 is 2.59 bits per heavy atom. The summed E-state index contributed by atoms with van der Waals surface area (Å²) < 4.78 is 5.58. The zero-order chi connectivity index (χ0) is 24.4. The molecule has 2 saturated heterocycles. The van der Waals surface area contributed by atoms with Crippen molar-refractivity contribution in [3.05, 3.63) is 64.9 Å². The number of fused-ring (bicyclic) bond motifs is 2. The molecule has 2 aromatic carbocycles. The van der Waals surface area contributed by atoms with E-state index in [9.17, 15) is 4.79 Å². The van der Waals surface area contributed by atoms with Crippen LogP contribution in [0.25, 0.3) is 5.57 Å². The molecule has 2 aliphatic rings. The van der Waals surface area contributed by atoms with E-state index in [4.69, 9.17) is 10.1 Å². The van der Waals surface area contributed by atoms with Gasteiger partial charge >= 0.3 is 0 Å². The average molecular weight is 462 g/mol. The fraction of sp³-hybridized carbons (Fsp3) is 0.407. The van der Waals surface area contributed by atoms with Crippen molar-refractivity contribution in [2.75, 3.05) is 39.2 Å². The van der Waals surface area contributed by atoms with Crippen molar-refractivity contribution < 1.29 is 9.53 Å². The molecular weight excluding hydrogens is 426 g/mol. The highest BCUT2D eigenvalue weighted by atomic mass is 16.5. The number of aryl methyl sites for hydroxylation is 1. The maximum absolute atomic E-state index is 13.3. The van der Waals surface area contributed by atoms with Crippen LogP contribution in [0.15, 0.2) is 42.6 Å². The van der Waals surface area contributed by atoms with Crippen LogP contribution in [-0.2, 0) is 0 Å². The van der Waals surface area contributed by atoms with Crippen LogP contribution in [0.1, 0.15) is 46.4 Å². The Balaban J connectivity index is 1.52. The molecule has 7 heteroatoms. The lowest BCUT2D eigenvalue weighted by Gasteiger charge is -2.34. The third-order valence-corrected chi connectivity index (χ3v) is 7.15. The Morgan fingerprint density at radius 2 is 1.97 bits per heavy atom. The van der Waals surface area contributed by atoms with Gasteiger partial charge in [0.25, 0.3) is 5.91 Å². The average Bonchev–Trinajstić information content (AvgIpc) is 3.42. The first-order valence-electron chi connectivity index (χ1n) is 11.8. The van der Waals surface area contributed by atoms with Gasteiger partial charge in [0.15, 0.2) is 0 Å². The van der Waals surface area contributed by atoms with Gasteiger partial charge in [0.05, 0.1) is 13.2 Å². The number of carbonyl (C=O) groups is 1. The van der Waals surface area contributed by atoms with Gasteiger partial charge in [-0.15, -0.1) is 0 Å². The van der Waals surface area contributed by atoms with E-state index in [0.717, 1.165) is 41.0 Å². The van der Waals surface area contributed by atoms with E-state index in [2.05, 4.69) is 39.6 Å². The van der Waals surface area contributed by atoms with Crippen LogP contribution in [0.4, 0.5) is 5.69 Å². The lowest BCUT2D eigenvalue weighted by molar-refractivity contribution is 0.0939. The zero-order valence-corrected chi connectivity index (χ0v) is 20.7. The molecule has 2 aromatic rings. The van der Waals surface area contributed by atoms with Crippen LogP contribution in [-0.4, -0.2) is 63.4 Å². The summed E-state index contributed by atoms with van der Waals surface area (Å²) in [5.41, 5.74) is 5.30. The van der Waals surface area contributed by atoms with Crippen molar-refractivity contribution >= 4 is 23.4 Å². The molecule has 4 rings (SSSR count). The number of nitrogens with one attached hydrogen (secondary N) is 3. The topological polar surface area (TPSA) is 80.7 Å². The Hall–Kier alpha value is -3.32. The highest BCUT2D eigenvalue weighted by Crippen LogP contribution is 2.34. The van der Waals surface area contributed by atoms with Crippen LogP contribution in [0, 0.1) is 12.3 Å². The quantitative estimate of drug-likeness (QED) is 0.524. The van der Waals surface area contributed by atoms with Gasteiger partial charge in [0.2, 0.25) is 0 Å². The number of allylic oxidation sites excluding steroid dienone is 1. The number of ether oxygens (including phenoxy) is 1. The largest absolute Gasteiger partial charge is 0.496 e. The van der Waals surface area contributed by atoms with Crippen molar-refractivity contribution in [1.82, 2.24) is 15.5 Å². The first kappa shape index (κ1) is 23.8. The molecule has 180 valence electrons. The Kier molecular flexibility index (Phi) is 6.93. The first-order valence-corrected chi connectivity index (χ1v) is 11.8. The summed E-state index contributed by atoms with van der Waals surface area (Å²) in [7, 11) is 5.61. The predicted molar refractivity (Wildman–Crippen MR) is 138 cm³/mol. The Bertz CT molecular complexity index is 1110. The number of nitrogens with zero attached hydrogens (tertiary/aromatic N) is 2. The number of likely N-dealkylation sites (N-methyl/N-ethyl adjacent to an activating group) is 1. The molecule has 7 nitrogen and oxygen atoms in total. The van der Waals surface area contributed by atoms with E-state index >= 15 is 0 Å². The van der Waals surface area contributed by atoms with Gasteiger partial charge in [-0.05, 0) is 56.6 Å². The van der Waals surface area contributed by atoms with Gasteiger partial charge in [-0.3, -0.25) is 9.69 Å². The van der Waals surface area contributed by atoms with Crippen LogP contribution < -0.4 is 20.3 Å². The molecule has 2 aliphatic heterocycles. The fourth-order valence-electron chi connectivity index (χ4n) is 5.14. The maximum atomic E-state index is 13.3. The summed E-state index contributed by atoms with van der Waals surface area (Å²) in [6.07, 6.45) is 4.25. The molecular formula is C27H35N5O2. The van der Waals surface area contributed by atoms with Crippen molar-refractivity contribution in [3.63, 3.8) is 0 Å². The summed E-state index contributed by atoms with van der Waals surface area (Å²) in [6, 6.07) is 13.0. The molecule has 2 bridgehead atoms. The summed E-state index contributed by atoms with van der Waals surface area (Å²) in [5, 5.41) is 13.8. The van der Waals surface area contributed by atoms with E-state index in [1.165, 1.54) is 12.6 Å². The van der Waals surface area contributed by atoms with Crippen molar-refractivity contribution in [2.24, 2.45) is 0 Å². The van der Waals surface area contributed by atoms with Crippen LogP contribution >= 0.6 is 0 Å². The third-order valence-electron chi connectivity index (χ3n) is 7.15. The van der Waals surface area contributed by atoms with Crippen LogP contribution in [0.2, 0.25) is 0 Å². The summed E-state index contributed by atoms with van der Waals surface area (Å²) in [5.74, 6) is 0.586. The number of rotatable bonds is 8. The van der Waals surface area contributed by atoms with Gasteiger partial charge in [-0.25, -0.2) is 0 Å². The van der Waals surface area contributed by atoms with Gasteiger partial charge < -0.3 is 25.7 Å². The lowest BCUT2D eigenvalue weighted by atomic mass is 10.00. The van der Waals surface area contributed by atoms with Gasteiger partial charge in [-0.1, -0.05) is 18.2 Å². The lowest BCUT2D eigenvalue weighted by Crippen LogP contribution is -2.44. The number of methoxy groups -OCH3 is 1. The van der Waals surface area contributed by atoms with E-state index in [0.29, 0.717) is 23.4 Å². The van der Waals surface area contributed by atoms with Crippen molar-refractivity contribution in [2.45, 2.75) is 38.4 Å². The normalized spacial score (nSPS) is 20.9. The van der Waals surface area contributed by atoms with Gasteiger partial charge in [0, 0.05) is 67.0 Å². The highest BCUT2D eigenvalue weighted by molar-refractivity contribution is 6.09. The molecule has 2 heterocycles. The molecule has 0 aliphatic carbocycles.